The minimum absolute atomic E-state index is 0.209. The van der Waals surface area contributed by atoms with Gasteiger partial charge in [-0.2, -0.15) is 0 Å². The number of rotatable bonds is 7. The van der Waals surface area contributed by atoms with Crippen LogP contribution in [0.4, 0.5) is 0 Å². The molecule has 132 valence electrons. The molecular formula is C19H23N3O3. The number of carbonyl (C=O) groups excluding carboxylic acids is 2. The molecule has 1 atom stereocenters. The molecule has 0 aliphatic carbocycles. The minimum atomic E-state index is -0.724. The van der Waals surface area contributed by atoms with Crippen LogP contribution in [0.3, 0.4) is 0 Å². The van der Waals surface area contributed by atoms with Crippen molar-refractivity contribution in [2.75, 3.05) is 20.2 Å². The van der Waals surface area contributed by atoms with E-state index in [1.165, 1.54) is 0 Å². The first-order valence-corrected chi connectivity index (χ1v) is 8.03. The highest BCUT2D eigenvalue weighted by Gasteiger charge is 2.15. The van der Waals surface area contributed by atoms with Gasteiger partial charge in [-0.15, -0.1) is 0 Å². The van der Waals surface area contributed by atoms with Gasteiger partial charge in [0, 0.05) is 18.7 Å². The Hall–Kier alpha value is -2.86. The topological polar surface area (TPSA) is 93.5 Å². The first-order chi connectivity index (χ1) is 12.0. The van der Waals surface area contributed by atoms with Gasteiger partial charge in [0.15, 0.2) is 0 Å². The summed E-state index contributed by atoms with van der Waals surface area (Å²) >= 11 is 0. The molecule has 1 unspecified atom stereocenters. The molecule has 2 rings (SSSR count). The molecule has 25 heavy (non-hydrogen) atoms. The summed E-state index contributed by atoms with van der Waals surface area (Å²) < 4.78 is 5.05. The molecule has 0 heterocycles. The summed E-state index contributed by atoms with van der Waals surface area (Å²) in [5.74, 6) is 0.205. The number of methoxy groups -OCH3 is 1. The number of benzene rings is 2. The van der Waals surface area contributed by atoms with E-state index in [-0.39, 0.29) is 11.8 Å². The van der Waals surface area contributed by atoms with Crippen molar-refractivity contribution < 1.29 is 14.3 Å². The highest BCUT2D eigenvalue weighted by atomic mass is 16.5. The first-order valence-electron chi connectivity index (χ1n) is 8.03. The van der Waals surface area contributed by atoms with E-state index in [1.807, 2.05) is 31.2 Å². The molecule has 0 fully saturated rings. The number of hydrogen-bond acceptors (Lipinski definition) is 4. The van der Waals surface area contributed by atoms with Crippen LogP contribution < -0.4 is 21.1 Å². The van der Waals surface area contributed by atoms with Crippen molar-refractivity contribution in [1.82, 2.24) is 10.6 Å². The molecule has 6 heteroatoms. The van der Waals surface area contributed by atoms with Crippen molar-refractivity contribution in [2.45, 2.75) is 13.0 Å². The van der Waals surface area contributed by atoms with Crippen molar-refractivity contribution in [3.8, 4) is 5.75 Å². The summed E-state index contributed by atoms with van der Waals surface area (Å²) in [6.07, 6.45) is 0. The van der Waals surface area contributed by atoms with Crippen molar-refractivity contribution in [1.29, 1.82) is 0 Å². The average Bonchev–Trinajstić information content (AvgIpc) is 2.65. The van der Waals surface area contributed by atoms with Gasteiger partial charge in [0.2, 0.25) is 5.91 Å². The fraction of sp³-hybridized carbons (Fsp3) is 0.263. The largest absolute Gasteiger partial charge is 0.497 e. The van der Waals surface area contributed by atoms with Crippen LogP contribution in [0.1, 0.15) is 27.5 Å². The summed E-state index contributed by atoms with van der Waals surface area (Å²) in [5.41, 5.74) is 8.33. The number of ether oxygens (including phenoxy) is 1. The number of amides is 2. The Labute approximate surface area is 147 Å². The van der Waals surface area contributed by atoms with Crippen molar-refractivity contribution in [2.24, 2.45) is 5.73 Å². The number of hydrogen-bond donors (Lipinski definition) is 3. The highest BCUT2D eigenvalue weighted by Crippen LogP contribution is 2.12. The fourth-order valence-electron chi connectivity index (χ4n) is 2.24. The zero-order valence-electron chi connectivity index (χ0n) is 14.4. The molecule has 0 spiro atoms. The van der Waals surface area contributed by atoms with E-state index in [0.717, 1.165) is 11.1 Å². The molecule has 2 amide bonds. The number of carbonyl (C=O) groups is 2. The maximum Gasteiger partial charge on any atom is 0.251 e. The van der Waals surface area contributed by atoms with Gasteiger partial charge in [0.05, 0.1) is 7.11 Å². The average molecular weight is 341 g/mol. The Morgan fingerprint density at radius 2 is 1.60 bits per heavy atom. The molecule has 0 saturated carbocycles. The second kappa shape index (κ2) is 8.84. The summed E-state index contributed by atoms with van der Waals surface area (Å²) in [6, 6.07) is 13.6. The summed E-state index contributed by atoms with van der Waals surface area (Å²) in [6.45, 7) is 2.60. The summed E-state index contributed by atoms with van der Waals surface area (Å²) in [4.78, 5) is 24.0. The lowest BCUT2D eigenvalue weighted by Gasteiger charge is -2.13. The minimum Gasteiger partial charge on any atom is -0.497 e. The third kappa shape index (κ3) is 5.32. The Bertz CT molecular complexity index is 712. The van der Waals surface area contributed by atoms with Crippen LogP contribution in [0.25, 0.3) is 0 Å². The van der Waals surface area contributed by atoms with Crippen LogP contribution in [-0.2, 0) is 4.79 Å². The quantitative estimate of drug-likeness (QED) is 0.666. The SMILES string of the molecule is COc1ccc(C(=O)NCCNC(=O)C(N)c2ccc(C)cc2)cc1. The molecule has 4 N–H and O–H groups in total. The molecule has 0 aliphatic heterocycles. The predicted octanol–water partition coefficient (Wildman–Crippen LogP) is 1.55. The molecule has 0 aromatic heterocycles. The monoisotopic (exact) mass is 341 g/mol. The molecule has 0 radical (unpaired) electrons. The fourth-order valence-corrected chi connectivity index (χ4v) is 2.24. The van der Waals surface area contributed by atoms with Crippen LogP contribution in [-0.4, -0.2) is 32.0 Å². The number of nitrogens with one attached hydrogen (secondary N) is 2. The third-order valence-corrected chi connectivity index (χ3v) is 3.78. The predicted molar refractivity (Wildman–Crippen MR) is 96.4 cm³/mol. The van der Waals surface area contributed by atoms with Crippen LogP contribution in [0.5, 0.6) is 5.75 Å². The standard InChI is InChI=1S/C19H23N3O3/c1-13-3-5-14(6-4-13)17(20)19(24)22-12-11-21-18(23)15-7-9-16(25-2)10-8-15/h3-10,17H,11-12,20H2,1-2H3,(H,21,23)(H,22,24). The van der Waals surface area contributed by atoms with Gasteiger partial charge in [0.25, 0.3) is 5.91 Å². The lowest BCUT2D eigenvalue weighted by molar-refractivity contribution is -0.122. The van der Waals surface area contributed by atoms with Gasteiger partial charge < -0.3 is 21.1 Å². The van der Waals surface area contributed by atoms with Crippen LogP contribution in [0.2, 0.25) is 0 Å². The van der Waals surface area contributed by atoms with E-state index >= 15 is 0 Å². The van der Waals surface area contributed by atoms with E-state index in [4.69, 9.17) is 10.5 Å². The summed E-state index contributed by atoms with van der Waals surface area (Å²) in [7, 11) is 1.57. The second-order valence-corrected chi connectivity index (χ2v) is 5.66. The number of nitrogens with two attached hydrogens (primary N) is 1. The first kappa shape index (κ1) is 18.5. The second-order valence-electron chi connectivity index (χ2n) is 5.66. The third-order valence-electron chi connectivity index (χ3n) is 3.78. The smallest absolute Gasteiger partial charge is 0.251 e. The van der Waals surface area contributed by atoms with Gasteiger partial charge >= 0.3 is 0 Å². The van der Waals surface area contributed by atoms with E-state index < -0.39 is 6.04 Å². The van der Waals surface area contributed by atoms with Crippen molar-refractivity contribution >= 4 is 11.8 Å². The van der Waals surface area contributed by atoms with E-state index in [9.17, 15) is 9.59 Å². The van der Waals surface area contributed by atoms with Gasteiger partial charge in [-0.3, -0.25) is 9.59 Å². The molecule has 0 bridgehead atoms. The van der Waals surface area contributed by atoms with Crippen molar-refractivity contribution in [3.63, 3.8) is 0 Å². The van der Waals surface area contributed by atoms with Crippen LogP contribution in [0, 0.1) is 6.92 Å². The van der Waals surface area contributed by atoms with E-state index in [2.05, 4.69) is 10.6 Å². The highest BCUT2D eigenvalue weighted by molar-refractivity contribution is 5.94. The molecule has 6 nitrogen and oxygen atoms in total. The van der Waals surface area contributed by atoms with Crippen LogP contribution >= 0.6 is 0 Å². The normalized spacial score (nSPS) is 11.5. The number of aryl methyl sites for hydroxylation is 1. The van der Waals surface area contributed by atoms with E-state index in [1.54, 1.807) is 31.4 Å². The van der Waals surface area contributed by atoms with Gasteiger partial charge in [0.1, 0.15) is 11.8 Å². The molecule has 2 aromatic rings. The summed E-state index contributed by atoms with van der Waals surface area (Å²) in [5, 5.41) is 5.46. The van der Waals surface area contributed by atoms with Crippen LogP contribution in [0.15, 0.2) is 48.5 Å². The molecule has 0 saturated heterocycles. The van der Waals surface area contributed by atoms with Crippen molar-refractivity contribution in [3.05, 3.63) is 65.2 Å². The maximum absolute atomic E-state index is 12.1. The zero-order valence-corrected chi connectivity index (χ0v) is 14.4. The maximum atomic E-state index is 12.1. The molecular weight excluding hydrogens is 318 g/mol. The Morgan fingerprint density at radius 1 is 1.00 bits per heavy atom. The zero-order chi connectivity index (χ0) is 18.2. The lowest BCUT2D eigenvalue weighted by Crippen LogP contribution is -2.39. The van der Waals surface area contributed by atoms with Gasteiger partial charge in [-0.25, -0.2) is 0 Å². The Morgan fingerprint density at radius 3 is 2.20 bits per heavy atom. The Kier molecular flexibility index (Phi) is 6.54. The molecule has 0 aliphatic rings. The lowest BCUT2D eigenvalue weighted by atomic mass is 10.1. The Balaban J connectivity index is 1.75. The molecule has 2 aromatic carbocycles. The van der Waals surface area contributed by atoms with E-state index in [0.29, 0.717) is 24.4 Å². The van der Waals surface area contributed by atoms with Gasteiger partial charge in [-0.1, -0.05) is 29.8 Å². The van der Waals surface area contributed by atoms with Gasteiger partial charge in [-0.05, 0) is 36.8 Å².